The first-order valence-electron chi connectivity index (χ1n) is 5.54. The van der Waals surface area contributed by atoms with E-state index in [-0.39, 0.29) is 12.5 Å². The van der Waals surface area contributed by atoms with Crippen LogP contribution < -0.4 is 16.0 Å². The van der Waals surface area contributed by atoms with Crippen LogP contribution in [0.15, 0.2) is 0 Å². The number of nitrogens with one attached hydrogen (secondary N) is 3. The van der Waals surface area contributed by atoms with Gasteiger partial charge in [-0.15, -0.1) is 0 Å². The summed E-state index contributed by atoms with van der Waals surface area (Å²) in [5.41, 5.74) is 0. The molecule has 0 aliphatic carbocycles. The zero-order valence-corrected chi connectivity index (χ0v) is 9.54. The summed E-state index contributed by atoms with van der Waals surface area (Å²) in [4.78, 5) is 22.0. The van der Waals surface area contributed by atoms with Crippen molar-refractivity contribution < 1.29 is 14.3 Å². The molecule has 3 N–H and O–H groups in total. The van der Waals surface area contributed by atoms with Gasteiger partial charge in [-0.1, -0.05) is 0 Å². The Morgan fingerprint density at radius 2 is 2.06 bits per heavy atom. The number of ether oxygens (including phenoxy) is 1. The van der Waals surface area contributed by atoms with E-state index in [1.165, 1.54) is 7.05 Å². The monoisotopic (exact) mass is 229 g/mol. The molecule has 1 aliphatic rings. The topological polar surface area (TPSA) is 79.5 Å². The number of hydrogen-bond acceptors (Lipinski definition) is 4. The number of piperidine rings is 1. The highest BCUT2D eigenvalue weighted by molar-refractivity contribution is 5.81. The quantitative estimate of drug-likeness (QED) is 0.605. The average molecular weight is 229 g/mol. The van der Waals surface area contributed by atoms with Gasteiger partial charge in [0.1, 0.15) is 0 Å². The van der Waals surface area contributed by atoms with Crippen molar-refractivity contribution in [2.45, 2.75) is 12.8 Å². The molecule has 0 radical (unpaired) electrons. The van der Waals surface area contributed by atoms with E-state index in [2.05, 4.69) is 16.0 Å². The first kappa shape index (κ1) is 12.8. The van der Waals surface area contributed by atoms with Crippen LogP contribution in [0, 0.1) is 5.92 Å². The van der Waals surface area contributed by atoms with Crippen molar-refractivity contribution in [1.29, 1.82) is 0 Å². The van der Waals surface area contributed by atoms with Gasteiger partial charge >= 0.3 is 6.09 Å². The largest absolute Gasteiger partial charge is 0.449 e. The summed E-state index contributed by atoms with van der Waals surface area (Å²) in [5.74, 6) is 0.200. The number of amides is 2. The van der Waals surface area contributed by atoms with Crippen LogP contribution in [0.5, 0.6) is 0 Å². The van der Waals surface area contributed by atoms with Crippen molar-refractivity contribution in [1.82, 2.24) is 16.0 Å². The third kappa shape index (κ3) is 4.97. The lowest BCUT2D eigenvalue weighted by atomic mass is 9.99. The molecular formula is C10H19N3O3. The molecule has 2 amide bonds. The maximum Gasteiger partial charge on any atom is 0.407 e. The maximum atomic E-state index is 11.2. The van der Waals surface area contributed by atoms with E-state index in [0.29, 0.717) is 12.5 Å². The summed E-state index contributed by atoms with van der Waals surface area (Å²) < 4.78 is 5.02. The van der Waals surface area contributed by atoms with Gasteiger partial charge in [0.15, 0.2) is 0 Å². The second-order valence-corrected chi connectivity index (χ2v) is 3.82. The molecule has 92 valence electrons. The van der Waals surface area contributed by atoms with Gasteiger partial charge in [0, 0.05) is 7.05 Å². The predicted molar refractivity (Wildman–Crippen MR) is 59.0 cm³/mol. The minimum atomic E-state index is -0.526. The molecule has 1 rings (SSSR count). The molecule has 6 nitrogen and oxygen atoms in total. The Bertz CT molecular complexity index is 239. The van der Waals surface area contributed by atoms with Crippen LogP contribution in [-0.4, -0.2) is 45.3 Å². The SMILES string of the molecule is CNC(=O)CNC(=O)OCC1CCNCC1. The van der Waals surface area contributed by atoms with E-state index < -0.39 is 6.09 Å². The predicted octanol–water partition coefficient (Wildman–Crippen LogP) is -0.542. The lowest BCUT2D eigenvalue weighted by molar-refractivity contribution is -0.119. The molecule has 0 aromatic carbocycles. The van der Waals surface area contributed by atoms with E-state index in [0.717, 1.165) is 25.9 Å². The second kappa shape index (κ2) is 7.05. The molecule has 0 aromatic rings. The van der Waals surface area contributed by atoms with Crippen LogP contribution in [0.4, 0.5) is 4.79 Å². The molecule has 0 bridgehead atoms. The van der Waals surface area contributed by atoms with Crippen LogP contribution in [0.25, 0.3) is 0 Å². The maximum absolute atomic E-state index is 11.2. The van der Waals surface area contributed by atoms with Crippen molar-refractivity contribution in [2.24, 2.45) is 5.92 Å². The molecule has 6 heteroatoms. The molecule has 0 atom stereocenters. The highest BCUT2D eigenvalue weighted by atomic mass is 16.5. The van der Waals surface area contributed by atoms with Crippen LogP contribution in [0.3, 0.4) is 0 Å². The van der Waals surface area contributed by atoms with Crippen LogP contribution in [0.2, 0.25) is 0 Å². The summed E-state index contributed by atoms with van der Waals surface area (Å²) in [5, 5.41) is 8.03. The Hall–Kier alpha value is -1.30. The van der Waals surface area contributed by atoms with E-state index in [9.17, 15) is 9.59 Å². The van der Waals surface area contributed by atoms with E-state index in [1.54, 1.807) is 0 Å². The van der Waals surface area contributed by atoms with Gasteiger partial charge in [-0.3, -0.25) is 4.79 Å². The first-order chi connectivity index (χ1) is 7.72. The molecule has 0 aromatic heterocycles. The smallest absolute Gasteiger partial charge is 0.407 e. The van der Waals surface area contributed by atoms with Crippen molar-refractivity contribution in [3.05, 3.63) is 0 Å². The fourth-order valence-electron chi connectivity index (χ4n) is 1.53. The van der Waals surface area contributed by atoms with Crippen molar-refractivity contribution in [3.8, 4) is 0 Å². The van der Waals surface area contributed by atoms with Crippen LogP contribution in [0.1, 0.15) is 12.8 Å². The molecule has 1 saturated heterocycles. The Balaban J connectivity index is 2.07. The molecule has 0 spiro atoms. The van der Waals surface area contributed by atoms with E-state index in [1.807, 2.05) is 0 Å². The van der Waals surface area contributed by atoms with Gasteiger partial charge < -0.3 is 20.7 Å². The Kier molecular flexibility index (Phi) is 5.63. The fourth-order valence-corrected chi connectivity index (χ4v) is 1.53. The van der Waals surface area contributed by atoms with E-state index >= 15 is 0 Å². The summed E-state index contributed by atoms with van der Waals surface area (Å²) >= 11 is 0. The van der Waals surface area contributed by atoms with Crippen LogP contribution in [-0.2, 0) is 9.53 Å². The minimum Gasteiger partial charge on any atom is -0.449 e. The standard InChI is InChI=1S/C10H19N3O3/c1-11-9(14)6-13-10(15)16-7-8-2-4-12-5-3-8/h8,12H,2-7H2,1H3,(H,11,14)(H,13,15). The van der Waals surface area contributed by atoms with Gasteiger partial charge in [0.05, 0.1) is 13.2 Å². The Morgan fingerprint density at radius 1 is 1.38 bits per heavy atom. The zero-order valence-electron chi connectivity index (χ0n) is 9.54. The van der Waals surface area contributed by atoms with Crippen LogP contribution >= 0.6 is 0 Å². The van der Waals surface area contributed by atoms with Gasteiger partial charge in [-0.05, 0) is 31.8 Å². The summed E-state index contributed by atoms with van der Waals surface area (Å²) in [6.07, 6.45) is 1.54. The highest BCUT2D eigenvalue weighted by Gasteiger charge is 2.15. The molecule has 0 saturated carbocycles. The number of likely N-dealkylation sites (N-methyl/N-ethyl adjacent to an activating group) is 1. The number of hydrogen-bond donors (Lipinski definition) is 3. The molecular weight excluding hydrogens is 210 g/mol. The second-order valence-electron chi connectivity index (χ2n) is 3.82. The summed E-state index contributed by atoms with van der Waals surface area (Å²) in [6, 6.07) is 0. The minimum absolute atomic E-state index is 0.0401. The van der Waals surface area contributed by atoms with Gasteiger partial charge in [0.25, 0.3) is 0 Å². The van der Waals surface area contributed by atoms with Crippen molar-refractivity contribution in [2.75, 3.05) is 33.3 Å². The summed E-state index contributed by atoms with van der Waals surface area (Å²) in [6.45, 7) is 2.35. The molecule has 1 heterocycles. The third-order valence-corrected chi connectivity index (χ3v) is 2.58. The average Bonchev–Trinajstić information content (AvgIpc) is 2.34. The van der Waals surface area contributed by atoms with E-state index in [4.69, 9.17) is 4.74 Å². The first-order valence-corrected chi connectivity index (χ1v) is 5.54. The number of carbonyl (C=O) groups is 2. The van der Waals surface area contributed by atoms with Gasteiger partial charge in [-0.25, -0.2) is 4.79 Å². The van der Waals surface area contributed by atoms with Crippen molar-refractivity contribution >= 4 is 12.0 Å². The Labute approximate surface area is 95.1 Å². The van der Waals surface area contributed by atoms with Gasteiger partial charge in [-0.2, -0.15) is 0 Å². The number of rotatable bonds is 4. The lowest BCUT2D eigenvalue weighted by Gasteiger charge is -2.22. The molecule has 16 heavy (non-hydrogen) atoms. The lowest BCUT2D eigenvalue weighted by Crippen LogP contribution is -2.37. The van der Waals surface area contributed by atoms with Gasteiger partial charge in [0.2, 0.25) is 5.91 Å². The number of alkyl carbamates (subject to hydrolysis) is 1. The Morgan fingerprint density at radius 3 is 2.69 bits per heavy atom. The summed E-state index contributed by atoms with van der Waals surface area (Å²) in [7, 11) is 1.52. The molecule has 1 aliphatic heterocycles. The normalized spacial score (nSPS) is 16.6. The van der Waals surface area contributed by atoms with Crippen molar-refractivity contribution in [3.63, 3.8) is 0 Å². The molecule has 1 fully saturated rings. The molecule has 0 unspecified atom stereocenters. The zero-order chi connectivity index (χ0) is 11.8. The number of carbonyl (C=O) groups excluding carboxylic acids is 2. The third-order valence-electron chi connectivity index (χ3n) is 2.58. The fraction of sp³-hybridized carbons (Fsp3) is 0.800. The highest BCUT2D eigenvalue weighted by Crippen LogP contribution is 2.11.